The van der Waals surface area contributed by atoms with E-state index in [1.54, 1.807) is 0 Å². The Hall–Kier alpha value is -2.86. The van der Waals surface area contributed by atoms with Gasteiger partial charge in [0.05, 0.1) is 0 Å². The van der Waals surface area contributed by atoms with Crippen molar-refractivity contribution in [1.82, 2.24) is 9.80 Å². The van der Waals surface area contributed by atoms with E-state index in [4.69, 9.17) is 0 Å². The first-order chi connectivity index (χ1) is 17.0. The van der Waals surface area contributed by atoms with Crippen LogP contribution in [-0.2, 0) is 4.79 Å². The first-order valence-corrected chi connectivity index (χ1v) is 13.3. The van der Waals surface area contributed by atoms with Gasteiger partial charge in [0.1, 0.15) is 6.04 Å². The molecule has 2 saturated heterocycles. The lowest BCUT2D eigenvalue weighted by atomic mass is 9.84. The molecule has 5 rings (SSSR count). The van der Waals surface area contributed by atoms with E-state index in [0.717, 1.165) is 69.7 Å². The van der Waals surface area contributed by atoms with Crippen LogP contribution in [0.5, 0.6) is 0 Å². The largest absolute Gasteiger partial charge is 0.369 e. The molecule has 2 aromatic rings. The van der Waals surface area contributed by atoms with Crippen LogP contribution in [0.4, 0.5) is 11.4 Å². The Balaban J connectivity index is 1.32. The fourth-order valence-electron chi connectivity index (χ4n) is 6.24. The molecule has 3 atom stereocenters. The highest BCUT2D eigenvalue weighted by Gasteiger charge is 2.47. The predicted molar refractivity (Wildman–Crippen MR) is 141 cm³/mol. The van der Waals surface area contributed by atoms with E-state index < -0.39 is 6.04 Å². The lowest BCUT2D eigenvalue weighted by molar-refractivity contribution is -0.120. The highest BCUT2D eigenvalue weighted by molar-refractivity contribution is 6.02. The van der Waals surface area contributed by atoms with Gasteiger partial charge in [-0.3, -0.25) is 9.59 Å². The molecular formula is C29H38N4O2. The van der Waals surface area contributed by atoms with Crippen LogP contribution in [0.2, 0.25) is 0 Å². The third kappa shape index (κ3) is 4.94. The Labute approximate surface area is 209 Å². The first-order valence-electron chi connectivity index (χ1n) is 13.3. The van der Waals surface area contributed by atoms with Crippen molar-refractivity contribution < 1.29 is 9.59 Å². The van der Waals surface area contributed by atoms with Crippen molar-refractivity contribution in [3.05, 3.63) is 59.7 Å². The molecule has 3 fully saturated rings. The third-order valence-electron chi connectivity index (χ3n) is 8.30. The number of benzene rings is 2. The molecule has 2 aromatic carbocycles. The van der Waals surface area contributed by atoms with Crippen LogP contribution in [0.15, 0.2) is 48.5 Å². The number of nitrogens with one attached hydrogen (secondary N) is 1. The van der Waals surface area contributed by atoms with Crippen molar-refractivity contribution >= 4 is 23.2 Å². The standard InChI is InChI=1S/C29H38N4O2/c1-3-31-15-17-32(18-16-31)24-13-14-25(21(2)19-24)30-28(34)27-20-23-11-7-8-12-26(23)33(27)29(35)22-9-5-4-6-10-22/h4-6,9-10,13-14,19,23,26-27H,3,7-8,11-12,15-18,20H2,1-2H3,(H,30,34). The summed E-state index contributed by atoms with van der Waals surface area (Å²) in [5.74, 6) is 0.340. The molecule has 1 N–H and O–H groups in total. The smallest absolute Gasteiger partial charge is 0.254 e. The van der Waals surface area contributed by atoms with Gasteiger partial charge in [-0.15, -0.1) is 0 Å². The number of nitrogens with zero attached hydrogens (tertiary/aromatic N) is 3. The fourth-order valence-corrected chi connectivity index (χ4v) is 6.24. The van der Waals surface area contributed by atoms with Crippen molar-refractivity contribution in [3.63, 3.8) is 0 Å². The Bertz CT molecular complexity index is 1050. The molecule has 0 aromatic heterocycles. The van der Waals surface area contributed by atoms with E-state index in [0.29, 0.717) is 11.5 Å². The van der Waals surface area contributed by atoms with E-state index in [2.05, 4.69) is 41.1 Å². The zero-order valence-corrected chi connectivity index (χ0v) is 21.1. The van der Waals surface area contributed by atoms with Gasteiger partial charge in [-0.1, -0.05) is 38.0 Å². The van der Waals surface area contributed by atoms with E-state index in [1.807, 2.05) is 41.3 Å². The minimum absolute atomic E-state index is 0.0153. The van der Waals surface area contributed by atoms with Gasteiger partial charge in [-0.05, 0) is 74.5 Å². The second-order valence-electron chi connectivity index (χ2n) is 10.4. The van der Waals surface area contributed by atoms with Crippen LogP contribution in [0.25, 0.3) is 0 Å². The molecule has 0 radical (unpaired) electrons. The molecule has 2 aliphatic heterocycles. The van der Waals surface area contributed by atoms with Crippen molar-refractivity contribution in [2.24, 2.45) is 5.92 Å². The maximum atomic E-state index is 13.6. The Morgan fingerprint density at radius 2 is 1.71 bits per heavy atom. The van der Waals surface area contributed by atoms with Gasteiger partial charge >= 0.3 is 0 Å². The minimum Gasteiger partial charge on any atom is -0.369 e. The van der Waals surface area contributed by atoms with Gasteiger partial charge in [0.25, 0.3) is 5.91 Å². The number of aryl methyl sites for hydroxylation is 1. The SMILES string of the molecule is CCN1CCN(c2ccc(NC(=O)C3CC4CCCCC4N3C(=O)c3ccccc3)c(C)c2)CC1. The van der Waals surface area contributed by atoms with Crippen molar-refractivity contribution in [1.29, 1.82) is 0 Å². The van der Waals surface area contributed by atoms with E-state index in [1.165, 1.54) is 12.1 Å². The fraction of sp³-hybridized carbons (Fsp3) is 0.517. The predicted octanol–water partition coefficient (Wildman–Crippen LogP) is 4.55. The molecule has 3 aliphatic rings. The van der Waals surface area contributed by atoms with Crippen LogP contribution < -0.4 is 10.2 Å². The topological polar surface area (TPSA) is 55.9 Å². The molecule has 186 valence electrons. The van der Waals surface area contributed by atoms with Crippen LogP contribution >= 0.6 is 0 Å². The molecule has 0 bridgehead atoms. The maximum absolute atomic E-state index is 13.6. The van der Waals surface area contributed by atoms with Gasteiger partial charge in [-0.2, -0.15) is 0 Å². The second-order valence-corrected chi connectivity index (χ2v) is 10.4. The summed E-state index contributed by atoms with van der Waals surface area (Å²) in [5, 5.41) is 3.18. The molecule has 2 heterocycles. The summed E-state index contributed by atoms with van der Waals surface area (Å²) in [4.78, 5) is 33.9. The average Bonchev–Trinajstić information content (AvgIpc) is 3.30. The van der Waals surface area contributed by atoms with E-state index in [9.17, 15) is 9.59 Å². The van der Waals surface area contributed by atoms with Gasteiger partial charge in [0.2, 0.25) is 5.91 Å². The molecule has 1 aliphatic carbocycles. The zero-order chi connectivity index (χ0) is 24.4. The number of hydrogen-bond donors (Lipinski definition) is 1. The number of anilines is 2. The van der Waals surface area contributed by atoms with Crippen molar-refractivity contribution in [2.45, 2.75) is 58.0 Å². The van der Waals surface area contributed by atoms with Crippen LogP contribution in [0, 0.1) is 12.8 Å². The number of carbonyl (C=O) groups is 2. The Kier molecular flexibility index (Phi) is 7.09. The van der Waals surface area contributed by atoms with Crippen LogP contribution in [0.1, 0.15) is 54.9 Å². The molecular weight excluding hydrogens is 436 g/mol. The summed E-state index contributed by atoms with van der Waals surface area (Å²) >= 11 is 0. The highest BCUT2D eigenvalue weighted by Crippen LogP contribution is 2.41. The number of rotatable bonds is 5. The summed E-state index contributed by atoms with van der Waals surface area (Å²) in [6, 6.07) is 15.5. The number of carbonyl (C=O) groups excluding carboxylic acids is 2. The number of piperazine rings is 1. The minimum atomic E-state index is -0.419. The monoisotopic (exact) mass is 474 g/mol. The molecule has 3 unspecified atom stereocenters. The summed E-state index contributed by atoms with van der Waals surface area (Å²) < 4.78 is 0. The number of likely N-dealkylation sites (tertiary alicyclic amines) is 1. The second kappa shape index (κ2) is 10.4. The number of fused-ring (bicyclic) bond motifs is 1. The third-order valence-corrected chi connectivity index (χ3v) is 8.30. The Morgan fingerprint density at radius 1 is 0.971 bits per heavy atom. The number of hydrogen-bond acceptors (Lipinski definition) is 4. The molecule has 6 nitrogen and oxygen atoms in total. The normalized spacial score (nSPS) is 24.8. The zero-order valence-electron chi connectivity index (χ0n) is 21.1. The van der Waals surface area contributed by atoms with Gasteiger partial charge in [-0.25, -0.2) is 0 Å². The van der Waals surface area contributed by atoms with Crippen LogP contribution in [0.3, 0.4) is 0 Å². The molecule has 2 amide bonds. The van der Waals surface area contributed by atoms with Crippen molar-refractivity contribution in [3.8, 4) is 0 Å². The first kappa shape index (κ1) is 23.9. The average molecular weight is 475 g/mol. The van der Waals surface area contributed by atoms with E-state index >= 15 is 0 Å². The van der Waals surface area contributed by atoms with Gasteiger partial charge in [0.15, 0.2) is 0 Å². The molecule has 0 spiro atoms. The van der Waals surface area contributed by atoms with Gasteiger partial charge < -0.3 is 20.0 Å². The lowest BCUT2D eigenvalue weighted by Crippen LogP contribution is -2.48. The molecule has 6 heteroatoms. The summed E-state index contributed by atoms with van der Waals surface area (Å²) in [6.45, 7) is 9.60. The van der Waals surface area contributed by atoms with Gasteiger partial charge in [0, 0.05) is 49.2 Å². The lowest BCUT2D eigenvalue weighted by Gasteiger charge is -2.35. The molecule has 1 saturated carbocycles. The number of likely N-dealkylation sites (N-methyl/N-ethyl adjacent to an activating group) is 1. The summed E-state index contributed by atoms with van der Waals surface area (Å²) in [5.41, 5.74) is 3.78. The number of amides is 2. The maximum Gasteiger partial charge on any atom is 0.254 e. The Morgan fingerprint density at radius 3 is 2.43 bits per heavy atom. The van der Waals surface area contributed by atoms with E-state index in [-0.39, 0.29) is 17.9 Å². The summed E-state index contributed by atoms with van der Waals surface area (Å²) in [7, 11) is 0. The molecule has 35 heavy (non-hydrogen) atoms. The van der Waals surface area contributed by atoms with Crippen molar-refractivity contribution in [2.75, 3.05) is 42.9 Å². The van der Waals surface area contributed by atoms with Crippen LogP contribution in [-0.4, -0.2) is 66.4 Å². The highest BCUT2D eigenvalue weighted by atomic mass is 16.2. The quantitative estimate of drug-likeness (QED) is 0.691. The summed E-state index contributed by atoms with van der Waals surface area (Å²) in [6.07, 6.45) is 5.17.